The van der Waals surface area contributed by atoms with Crippen LogP contribution in [-0.2, 0) is 14.8 Å². The SMILES string of the molecule is Cc1noc(C)c1S(=O)(=O)N1CCC(C(=O)Nc2ccccc2SC(=O)N(C)C)CC1. The van der Waals surface area contributed by atoms with E-state index in [0.29, 0.717) is 29.1 Å². The first-order valence-corrected chi connectivity index (χ1v) is 12.1. The van der Waals surface area contributed by atoms with E-state index < -0.39 is 10.0 Å². The maximum atomic E-state index is 12.9. The molecule has 0 spiro atoms. The molecule has 1 N–H and O–H groups in total. The number of rotatable bonds is 5. The molecule has 2 amide bonds. The number of para-hydroxylation sites is 1. The highest BCUT2D eigenvalue weighted by molar-refractivity contribution is 8.13. The van der Waals surface area contributed by atoms with E-state index in [1.807, 2.05) is 0 Å². The molecule has 2 aromatic rings. The number of anilines is 1. The molecular weight excluding hydrogens is 440 g/mol. The maximum absolute atomic E-state index is 12.9. The van der Waals surface area contributed by atoms with E-state index in [-0.39, 0.29) is 40.8 Å². The number of nitrogens with one attached hydrogen (secondary N) is 1. The Bertz CT molecular complexity index is 1050. The third-order valence-electron chi connectivity index (χ3n) is 5.10. The van der Waals surface area contributed by atoms with Crippen molar-refractivity contribution < 1.29 is 22.5 Å². The first kappa shape index (κ1) is 23.3. The van der Waals surface area contributed by atoms with Gasteiger partial charge in [-0.15, -0.1) is 0 Å². The highest BCUT2D eigenvalue weighted by Crippen LogP contribution is 2.31. The number of piperidine rings is 1. The predicted octanol–water partition coefficient (Wildman–Crippen LogP) is 3.10. The van der Waals surface area contributed by atoms with Crippen LogP contribution in [-0.4, -0.2) is 61.1 Å². The van der Waals surface area contributed by atoms with Crippen molar-refractivity contribution in [3.8, 4) is 0 Å². The largest absolute Gasteiger partial charge is 0.360 e. The fraction of sp³-hybridized carbons (Fsp3) is 0.450. The zero-order valence-electron chi connectivity index (χ0n) is 17.9. The lowest BCUT2D eigenvalue weighted by atomic mass is 9.97. The molecule has 0 unspecified atom stereocenters. The number of carbonyl (C=O) groups is 2. The summed E-state index contributed by atoms with van der Waals surface area (Å²) < 4.78 is 32.3. The van der Waals surface area contributed by atoms with E-state index in [0.717, 1.165) is 11.8 Å². The second-order valence-corrected chi connectivity index (χ2v) is 10.4. The topological polar surface area (TPSA) is 113 Å². The van der Waals surface area contributed by atoms with Gasteiger partial charge in [0.25, 0.3) is 5.24 Å². The van der Waals surface area contributed by atoms with Gasteiger partial charge >= 0.3 is 0 Å². The molecular formula is C20H26N4O5S2. The molecule has 11 heteroatoms. The third kappa shape index (κ3) is 5.10. The first-order valence-electron chi connectivity index (χ1n) is 9.83. The van der Waals surface area contributed by atoms with E-state index in [4.69, 9.17) is 4.52 Å². The van der Waals surface area contributed by atoms with Gasteiger partial charge in [0.1, 0.15) is 10.6 Å². The average Bonchev–Trinajstić information content (AvgIpc) is 3.08. The van der Waals surface area contributed by atoms with E-state index >= 15 is 0 Å². The van der Waals surface area contributed by atoms with Crippen LogP contribution in [0, 0.1) is 19.8 Å². The van der Waals surface area contributed by atoms with E-state index in [1.54, 1.807) is 52.2 Å². The molecule has 168 valence electrons. The molecule has 1 fully saturated rings. The summed E-state index contributed by atoms with van der Waals surface area (Å²) in [6.07, 6.45) is 0.806. The molecule has 1 aromatic carbocycles. The molecule has 0 atom stereocenters. The molecule has 1 saturated heterocycles. The van der Waals surface area contributed by atoms with Crippen molar-refractivity contribution in [2.24, 2.45) is 5.92 Å². The number of hydrogen-bond donors (Lipinski definition) is 1. The summed E-state index contributed by atoms with van der Waals surface area (Å²) >= 11 is 1.04. The minimum atomic E-state index is -3.72. The van der Waals surface area contributed by atoms with Crippen molar-refractivity contribution >= 4 is 38.6 Å². The summed E-state index contributed by atoms with van der Waals surface area (Å²) in [6, 6.07) is 7.12. The lowest BCUT2D eigenvalue weighted by molar-refractivity contribution is -0.120. The van der Waals surface area contributed by atoms with Gasteiger partial charge < -0.3 is 14.7 Å². The van der Waals surface area contributed by atoms with Crippen LogP contribution in [0.4, 0.5) is 10.5 Å². The molecule has 31 heavy (non-hydrogen) atoms. The molecule has 2 heterocycles. The lowest BCUT2D eigenvalue weighted by Gasteiger charge is -2.30. The van der Waals surface area contributed by atoms with Crippen molar-refractivity contribution in [3.05, 3.63) is 35.7 Å². The van der Waals surface area contributed by atoms with Gasteiger partial charge in [0.05, 0.1) is 5.69 Å². The second kappa shape index (κ2) is 9.41. The highest BCUT2D eigenvalue weighted by atomic mass is 32.2. The van der Waals surface area contributed by atoms with E-state index in [9.17, 15) is 18.0 Å². The van der Waals surface area contributed by atoms with Crippen molar-refractivity contribution in [3.63, 3.8) is 0 Å². The van der Waals surface area contributed by atoms with Gasteiger partial charge in [-0.2, -0.15) is 4.31 Å². The van der Waals surface area contributed by atoms with Crippen LogP contribution < -0.4 is 5.32 Å². The summed E-state index contributed by atoms with van der Waals surface area (Å²) in [5.41, 5.74) is 0.900. The smallest absolute Gasteiger partial charge is 0.286 e. The van der Waals surface area contributed by atoms with Crippen LogP contribution in [0.15, 0.2) is 38.6 Å². The number of amides is 2. The highest BCUT2D eigenvalue weighted by Gasteiger charge is 2.35. The Morgan fingerprint density at radius 2 is 1.84 bits per heavy atom. The summed E-state index contributed by atoms with van der Waals surface area (Å²) in [4.78, 5) is 27.1. The van der Waals surface area contributed by atoms with Gasteiger partial charge in [0, 0.05) is 38.0 Å². The van der Waals surface area contributed by atoms with Crippen LogP contribution in [0.25, 0.3) is 0 Å². The molecule has 1 aromatic heterocycles. The normalized spacial score (nSPS) is 15.6. The van der Waals surface area contributed by atoms with E-state index in [1.165, 1.54) is 9.21 Å². The molecule has 0 bridgehead atoms. The Labute approximate surface area is 186 Å². The minimum absolute atomic E-state index is 0.104. The number of sulfonamides is 1. The fourth-order valence-electron chi connectivity index (χ4n) is 3.41. The van der Waals surface area contributed by atoms with Crippen molar-refractivity contribution in [2.75, 3.05) is 32.5 Å². The number of carbonyl (C=O) groups excluding carboxylic acids is 2. The number of benzene rings is 1. The van der Waals surface area contributed by atoms with Gasteiger partial charge in [0.2, 0.25) is 15.9 Å². The number of thioether (sulfide) groups is 1. The molecule has 1 aliphatic heterocycles. The Kier molecular flexibility index (Phi) is 7.07. The van der Waals surface area contributed by atoms with Gasteiger partial charge in [0.15, 0.2) is 5.76 Å². The zero-order chi connectivity index (χ0) is 22.8. The maximum Gasteiger partial charge on any atom is 0.286 e. The molecule has 1 aliphatic rings. The van der Waals surface area contributed by atoms with Gasteiger partial charge in [-0.1, -0.05) is 17.3 Å². The van der Waals surface area contributed by atoms with Crippen LogP contribution in [0.3, 0.4) is 0 Å². The first-order chi connectivity index (χ1) is 14.6. The average molecular weight is 467 g/mol. The summed E-state index contributed by atoms with van der Waals surface area (Å²) in [5, 5.41) is 6.49. The summed E-state index contributed by atoms with van der Waals surface area (Å²) in [6.45, 7) is 3.64. The molecule has 0 radical (unpaired) electrons. The van der Waals surface area contributed by atoms with Crippen LogP contribution in [0.5, 0.6) is 0 Å². The lowest BCUT2D eigenvalue weighted by Crippen LogP contribution is -2.41. The minimum Gasteiger partial charge on any atom is -0.360 e. The molecule has 3 rings (SSSR count). The van der Waals surface area contributed by atoms with Crippen LogP contribution >= 0.6 is 11.8 Å². The number of aromatic nitrogens is 1. The Balaban J connectivity index is 1.65. The number of hydrogen-bond acceptors (Lipinski definition) is 7. The summed E-state index contributed by atoms with van der Waals surface area (Å²) in [5.74, 6) is -0.239. The van der Waals surface area contributed by atoms with Crippen LogP contribution in [0.2, 0.25) is 0 Å². The third-order valence-corrected chi connectivity index (χ3v) is 8.36. The Morgan fingerprint density at radius 3 is 2.42 bits per heavy atom. The molecule has 0 aliphatic carbocycles. The number of nitrogens with zero attached hydrogens (tertiary/aromatic N) is 3. The van der Waals surface area contributed by atoms with Crippen molar-refractivity contribution in [1.29, 1.82) is 0 Å². The standard InChI is InChI=1S/C20H26N4O5S2/c1-13-18(14(2)29-22-13)31(27,28)24-11-9-15(10-12-24)19(25)21-16-7-5-6-8-17(16)30-20(26)23(3)4/h5-8,15H,9-12H2,1-4H3,(H,21,25). The van der Waals surface area contributed by atoms with Gasteiger partial charge in [-0.05, 0) is 50.6 Å². The second-order valence-electron chi connectivity index (χ2n) is 7.58. The quantitative estimate of drug-likeness (QED) is 0.674. The molecule has 0 saturated carbocycles. The van der Waals surface area contributed by atoms with Crippen molar-refractivity contribution in [2.45, 2.75) is 36.5 Å². The Hall–Kier alpha value is -2.37. The molecule has 9 nitrogen and oxygen atoms in total. The summed E-state index contributed by atoms with van der Waals surface area (Å²) in [7, 11) is -0.381. The fourth-order valence-corrected chi connectivity index (χ4v) is 5.92. The zero-order valence-corrected chi connectivity index (χ0v) is 19.5. The monoisotopic (exact) mass is 466 g/mol. The van der Waals surface area contributed by atoms with E-state index in [2.05, 4.69) is 10.5 Å². The van der Waals surface area contributed by atoms with Gasteiger partial charge in [-0.25, -0.2) is 8.42 Å². The van der Waals surface area contributed by atoms with Gasteiger partial charge in [-0.3, -0.25) is 9.59 Å². The predicted molar refractivity (Wildman–Crippen MR) is 117 cm³/mol. The van der Waals surface area contributed by atoms with Crippen LogP contribution in [0.1, 0.15) is 24.3 Å². The number of aryl methyl sites for hydroxylation is 2. The Morgan fingerprint density at radius 1 is 1.19 bits per heavy atom. The van der Waals surface area contributed by atoms with Crippen molar-refractivity contribution in [1.82, 2.24) is 14.4 Å².